The van der Waals surface area contributed by atoms with Crippen LogP contribution < -0.4 is 5.32 Å². The van der Waals surface area contributed by atoms with E-state index in [1.165, 1.54) is 16.0 Å². The van der Waals surface area contributed by atoms with E-state index in [2.05, 4.69) is 34.3 Å². The van der Waals surface area contributed by atoms with Gasteiger partial charge in [0.15, 0.2) is 0 Å². The van der Waals surface area contributed by atoms with Crippen molar-refractivity contribution in [2.75, 3.05) is 20.3 Å². The molecule has 3 heterocycles. The molecule has 0 fully saturated rings. The minimum absolute atomic E-state index is 0.0114. The zero-order chi connectivity index (χ0) is 18.5. The van der Waals surface area contributed by atoms with E-state index in [0.29, 0.717) is 6.61 Å². The van der Waals surface area contributed by atoms with Crippen molar-refractivity contribution in [2.24, 2.45) is 0 Å². The molecule has 0 radical (unpaired) electrons. The van der Waals surface area contributed by atoms with Gasteiger partial charge in [-0.1, -0.05) is 13.0 Å². The molecule has 5 nitrogen and oxygen atoms in total. The predicted molar refractivity (Wildman–Crippen MR) is 105 cm³/mol. The highest BCUT2D eigenvalue weighted by molar-refractivity contribution is 7.10. The molecule has 0 saturated heterocycles. The van der Waals surface area contributed by atoms with Gasteiger partial charge >= 0.3 is 0 Å². The molecule has 2 aromatic rings. The van der Waals surface area contributed by atoms with Crippen molar-refractivity contribution in [3.05, 3.63) is 51.0 Å². The van der Waals surface area contributed by atoms with Crippen LogP contribution in [0.5, 0.6) is 0 Å². The normalized spacial score (nSPS) is 15.5. The van der Waals surface area contributed by atoms with Gasteiger partial charge in [-0.15, -0.1) is 11.3 Å². The molecule has 0 unspecified atom stereocenters. The van der Waals surface area contributed by atoms with Gasteiger partial charge in [-0.2, -0.15) is 0 Å². The highest BCUT2D eigenvalue weighted by Gasteiger charge is 2.24. The second-order valence-electron chi connectivity index (χ2n) is 6.85. The second-order valence-corrected chi connectivity index (χ2v) is 7.82. The standard InChI is InChI=1S/C20H27N3O2S/c1-4-15-5-6-16(21-9-15)10-23-8-7-17-18(13-26-19(17)11-23)20(24)22-14(2)12-25-3/h5-6,9,13-14H,4,7-8,10-12H2,1-3H3,(H,22,24)/t14-/m0/s1. The number of fused-ring (bicyclic) bond motifs is 1. The average molecular weight is 374 g/mol. The molecule has 1 amide bonds. The average Bonchev–Trinajstić information content (AvgIpc) is 3.06. The summed E-state index contributed by atoms with van der Waals surface area (Å²) in [6, 6.07) is 4.30. The molecule has 1 N–H and O–H groups in total. The van der Waals surface area contributed by atoms with E-state index in [-0.39, 0.29) is 11.9 Å². The van der Waals surface area contributed by atoms with E-state index in [0.717, 1.165) is 43.7 Å². The molecule has 0 aromatic carbocycles. The van der Waals surface area contributed by atoms with Gasteiger partial charge in [-0.05, 0) is 37.0 Å². The lowest BCUT2D eigenvalue weighted by Crippen LogP contribution is -2.36. The second kappa shape index (κ2) is 8.75. The first-order chi connectivity index (χ1) is 12.6. The Balaban J connectivity index is 1.62. The number of carbonyl (C=O) groups is 1. The van der Waals surface area contributed by atoms with Crippen molar-refractivity contribution < 1.29 is 9.53 Å². The number of methoxy groups -OCH3 is 1. The van der Waals surface area contributed by atoms with Crippen LogP contribution in [0.4, 0.5) is 0 Å². The molecular weight excluding hydrogens is 346 g/mol. The number of amides is 1. The molecule has 140 valence electrons. The third kappa shape index (κ3) is 4.50. The number of aryl methyl sites for hydroxylation is 1. The Morgan fingerprint density at radius 1 is 1.46 bits per heavy atom. The zero-order valence-electron chi connectivity index (χ0n) is 15.7. The van der Waals surface area contributed by atoms with E-state index in [4.69, 9.17) is 4.74 Å². The first-order valence-electron chi connectivity index (χ1n) is 9.15. The van der Waals surface area contributed by atoms with E-state index in [1.807, 2.05) is 18.5 Å². The summed E-state index contributed by atoms with van der Waals surface area (Å²) in [5.74, 6) is 0.0114. The number of carbonyl (C=O) groups excluding carboxylic acids is 1. The van der Waals surface area contributed by atoms with Gasteiger partial charge in [0.2, 0.25) is 0 Å². The number of aromatic nitrogens is 1. The van der Waals surface area contributed by atoms with Gasteiger partial charge in [0.05, 0.1) is 17.9 Å². The van der Waals surface area contributed by atoms with Crippen LogP contribution in [0.3, 0.4) is 0 Å². The maximum atomic E-state index is 12.5. The number of hydrogen-bond acceptors (Lipinski definition) is 5. The van der Waals surface area contributed by atoms with Crippen LogP contribution in [0.2, 0.25) is 0 Å². The van der Waals surface area contributed by atoms with Crippen LogP contribution in [-0.4, -0.2) is 42.1 Å². The fraction of sp³-hybridized carbons (Fsp3) is 0.500. The maximum Gasteiger partial charge on any atom is 0.252 e. The van der Waals surface area contributed by atoms with Gasteiger partial charge in [0, 0.05) is 49.2 Å². The van der Waals surface area contributed by atoms with E-state index in [9.17, 15) is 4.79 Å². The topological polar surface area (TPSA) is 54.5 Å². The number of hydrogen-bond donors (Lipinski definition) is 1. The molecule has 6 heteroatoms. The molecular formula is C20H27N3O2S. The van der Waals surface area contributed by atoms with Crippen LogP contribution in [0.25, 0.3) is 0 Å². The molecule has 1 aliphatic heterocycles. The van der Waals surface area contributed by atoms with Crippen LogP contribution >= 0.6 is 11.3 Å². The Labute approximate surface area is 159 Å². The summed E-state index contributed by atoms with van der Waals surface area (Å²) in [6.45, 7) is 7.32. The van der Waals surface area contributed by atoms with E-state index >= 15 is 0 Å². The lowest BCUT2D eigenvalue weighted by molar-refractivity contribution is 0.0904. The zero-order valence-corrected chi connectivity index (χ0v) is 16.6. The quantitative estimate of drug-likeness (QED) is 0.811. The highest BCUT2D eigenvalue weighted by Crippen LogP contribution is 2.29. The molecule has 0 bridgehead atoms. The van der Waals surface area contributed by atoms with Crippen molar-refractivity contribution in [3.8, 4) is 0 Å². The number of rotatable bonds is 7. The predicted octanol–water partition coefficient (Wildman–Crippen LogP) is 3.03. The van der Waals surface area contributed by atoms with Crippen molar-refractivity contribution in [1.29, 1.82) is 0 Å². The summed E-state index contributed by atoms with van der Waals surface area (Å²) in [7, 11) is 1.65. The minimum atomic E-state index is 0.0114. The summed E-state index contributed by atoms with van der Waals surface area (Å²) in [6.07, 6.45) is 3.90. The molecule has 0 spiro atoms. The number of pyridine rings is 1. The smallest absolute Gasteiger partial charge is 0.252 e. The van der Waals surface area contributed by atoms with Gasteiger partial charge in [-0.25, -0.2) is 0 Å². The number of thiophene rings is 1. The lowest BCUT2D eigenvalue weighted by atomic mass is 10.0. The fourth-order valence-corrected chi connectivity index (χ4v) is 4.41. The summed E-state index contributed by atoms with van der Waals surface area (Å²) < 4.78 is 5.09. The Morgan fingerprint density at radius 3 is 3.00 bits per heavy atom. The van der Waals surface area contributed by atoms with E-state index < -0.39 is 0 Å². The van der Waals surface area contributed by atoms with Crippen LogP contribution in [-0.2, 0) is 30.7 Å². The lowest BCUT2D eigenvalue weighted by Gasteiger charge is -2.27. The van der Waals surface area contributed by atoms with Gasteiger partial charge in [0.1, 0.15) is 0 Å². The molecule has 1 aliphatic rings. The number of ether oxygens (including phenoxy) is 1. The third-order valence-corrected chi connectivity index (χ3v) is 5.76. The first-order valence-corrected chi connectivity index (χ1v) is 10.0. The number of nitrogens with zero attached hydrogens (tertiary/aromatic N) is 2. The van der Waals surface area contributed by atoms with Crippen LogP contribution in [0.15, 0.2) is 23.7 Å². The third-order valence-electron chi connectivity index (χ3n) is 4.74. The van der Waals surface area contributed by atoms with Gasteiger partial charge in [-0.3, -0.25) is 14.7 Å². The maximum absolute atomic E-state index is 12.5. The molecule has 0 saturated carbocycles. The first kappa shape index (κ1) is 19.0. The van der Waals surface area contributed by atoms with Gasteiger partial charge < -0.3 is 10.1 Å². The molecule has 1 atom stereocenters. The summed E-state index contributed by atoms with van der Waals surface area (Å²) in [5.41, 5.74) is 4.42. The largest absolute Gasteiger partial charge is 0.383 e. The molecule has 26 heavy (non-hydrogen) atoms. The summed E-state index contributed by atoms with van der Waals surface area (Å²) in [5, 5.41) is 5.01. The Morgan fingerprint density at radius 2 is 2.31 bits per heavy atom. The Bertz CT molecular complexity index is 742. The minimum Gasteiger partial charge on any atom is -0.383 e. The monoisotopic (exact) mass is 373 g/mol. The molecule has 2 aromatic heterocycles. The van der Waals surface area contributed by atoms with Gasteiger partial charge in [0.25, 0.3) is 5.91 Å². The van der Waals surface area contributed by atoms with Crippen LogP contribution in [0, 0.1) is 0 Å². The Hall–Kier alpha value is -1.76. The van der Waals surface area contributed by atoms with Crippen molar-refractivity contribution in [2.45, 2.75) is 45.8 Å². The summed E-state index contributed by atoms with van der Waals surface area (Å²) in [4.78, 5) is 20.8. The number of nitrogens with one attached hydrogen (secondary N) is 1. The fourth-order valence-electron chi connectivity index (χ4n) is 3.29. The van der Waals surface area contributed by atoms with Crippen molar-refractivity contribution >= 4 is 17.2 Å². The van der Waals surface area contributed by atoms with Crippen LogP contribution in [0.1, 0.15) is 45.9 Å². The van der Waals surface area contributed by atoms with Crippen molar-refractivity contribution in [3.63, 3.8) is 0 Å². The van der Waals surface area contributed by atoms with Crippen molar-refractivity contribution in [1.82, 2.24) is 15.2 Å². The summed E-state index contributed by atoms with van der Waals surface area (Å²) >= 11 is 1.69. The van der Waals surface area contributed by atoms with E-state index in [1.54, 1.807) is 18.4 Å². The highest BCUT2D eigenvalue weighted by atomic mass is 32.1. The Kier molecular flexibility index (Phi) is 6.40. The molecule has 3 rings (SSSR count). The SMILES string of the molecule is CCc1ccc(CN2CCc3c(C(=O)N[C@@H](C)COC)csc3C2)nc1. The molecule has 0 aliphatic carbocycles.